The van der Waals surface area contributed by atoms with Gasteiger partial charge in [-0.3, -0.25) is 0 Å². The van der Waals surface area contributed by atoms with E-state index in [1.165, 1.54) is 120 Å². The first-order valence-electron chi connectivity index (χ1n) is 11.6. The molecular weight excluding hydrogens is 314 g/mol. The van der Waals surface area contributed by atoms with Crippen LogP contribution in [0, 0.1) is 0 Å². The standard InChI is InChI=1S/C25H45N/c1-2-3-4-5-6-7-8-9-10-11-12-13-14-15-16-17-18-24-19-21-25(23-26)22-20-24/h19-22H,2-18,23,26H2,1H3. The van der Waals surface area contributed by atoms with E-state index in [0.717, 1.165) is 0 Å². The number of nitrogens with two attached hydrogens (primary N) is 1. The average molecular weight is 360 g/mol. The summed E-state index contributed by atoms with van der Waals surface area (Å²) < 4.78 is 0. The van der Waals surface area contributed by atoms with Crippen LogP contribution in [0.25, 0.3) is 0 Å². The van der Waals surface area contributed by atoms with Crippen LogP contribution in [0.1, 0.15) is 121 Å². The maximum absolute atomic E-state index is 5.64. The maximum Gasteiger partial charge on any atom is 0.0178 e. The first-order chi connectivity index (χ1) is 12.9. The summed E-state index contributed by atoms with van der Waals surface area (Å²) in [6.07, 6.45) is 24.2. The molecule has 0 heterocycles. The molecule has 0 radical (unpaired) electrons. The Morgan fingerprint density at radius 1 is 0.500 bits per heavy atom. The van der Waals surface area contributed by atoms with Gasteiger partial charge in [-0.05, 0) is 24.0 Å². The number of hydrogen-bond acceptors (Lipinski definition) is 1. The van der Waals surface area contributed by atoms with Gasteiger partial charge in [0, 0.05) is 6.54 Å². The summed E-state index contributed by atoms with van der Waals surface area (Å²) in [5.41, 5.74) is 8.34. The quantitative estimate of drug-likeness (QED) is 0.264. The summed E-state index contributed by atoms with van der Waals surface area (Å²) in [4.78, 5) is 0. The minimum absolute atomic E-state index is 0.652. The van der Waals surface area contributed by atoms with E-state index in [-0.39, 0.29) is 0 Å². The van der Waals surface area contributed by atoms with Crippen molar-refractivity contribution in [1.29, 1.82) is 0 Å². The van der Waals surface area contributed by atoms with Crippen molar-refractivity contribution in [2.45, 2.75) is 123 Å². The van der Waals surface area contributed by atoms with E-state index in [0.29, 0.717) is 6.54 Å². The van der Waals surface area contributed by atoms with E-state index in [9.17, 15) is 0 Å². The lowest BCUT2D eigenvalue weighted by atomic mass is 10.0. The second kappa shape index (κ2) is 17.6. The zero-order valence-corrected chi connectivity index (χ0v) is 17.6. The summed E-state index contributed by atoms with van der Waals surface area (Å²) in [5, 5.41) is 0. The lowest BCUT2D eigenvalue weighted by molar-refractivity contribution is 0.529. The Balaban J connectivity index is 1.76. The maximum atomic E-state index is 5.64. The fourth-order valence-corrected chi connectivity index (χ4v) is 3.72. The molecule has 0 aromatic heterocycles. The highest BCUT2D eigenvalue weighted by Crippen LogP contribution is 2.14. The third kappa shape index (κ3) is 13.4. The molecule has 0 amide bonds. The zero-order valence-electron chi connectivity index (χ0n) is 17.6. The average Bonchev–Trinajstić information content (AvgIpc) is 2.68. The van der Waals surface area contributed by atoms with Crippen LogP contribution in [0.5, 0.6) is 0 Å². The minimum Gasteiger partial charge on any atom is -0.326 e. The normalized spacial score (nSPS) is 11.2. The van der Waals surface area contributed by atoms with Crippen molar-refractivity contribution in [3.8, 4) is 0 Å². The molecular formula is C25H45N. The van der Waals surface area contributed by atoms with Gasteiger partial charge in [-0.15, -0.1) is 0 Å². The van der Waals surface area contributed by atoms with Gasteiger partial charge >= 0.3 is 0 Å². The fraction of sp³-hybridized carbons (Fsp3) is 0.760. The highest BCUT2D eigenvalue weighted by atomic mass is 14.5. The largest absolute Gasteiger partial charge is 0.326 e. The first-order valence-corrected chi connectivity index (χ1v) is 11.6. The zero-order chi connectivity index (χ0) is 18.7. The topological polar surface area (TPSA) is 26.0 Å². The Morgan fingerprint density at radius 2 is 0.846 bits per heavy atom. The molecule has 26 heavy (non-hydrogen) atoms. The molecule has 150 valence electrons. The SMILES string of the molecule is CCCCCCCCCCCCCCCCCCc1ccc(CN)cc1. The molecule has 1 rings (SSSR count). The molecule has 0 atom stereocenters. The second-order valence-corrected chi connectivity index (χ2v) is 8.07. The molecule has 0 bridgehead atoms. The molecule has 0 aliphatic rings. The van der Waals surface area contributed by atoms with E-state index < -0.39 is 0 Å². The molecule has 0 fully saturated rings. The monoisotopic (exact) mass is 359 g/mol. The van der Waals surface area contributed by atoms with E-state index in [1.807, 2.05) is 0 Å². The molecule has 1 aromatic carbocycles. The van der Waals surface area contributed by atoms with Crippen LogP contribution in [-0.2, 0) is 13.0 Å². The van der Waals surface area contributed by atoms with Crippen molar-refractivity contribution in [1.82, 2.24) is 0 Å². The Kier molecular flexibility index (Phi) is 15.7. The predicted molar refractivity (Wildman–Crippen MR) is 118 cm³/mol. The summed E-state index contributed by atoms with van der Waals surface area (Å²) in [7, 11) is 0. The van der Waals surface area contributed by atoms with Crippen LogP contribution < -0.4 is 5.73 Å². The van der Waals surface area contributed by atoms with Gasteiger partial charge in [0.2, 0.25) is 0 Å². The number of rotatable bonds is 18. The van der Waals surface area contributed by atoms with E-state index in [1.54, 1.807) is 0 Å². The van der Waals surface area contributed by atoms with Crippen LogP contribution in [0.15, 0.2) is 24.3 Å². The highest BCUT2D eigenvalue weighted by molar-refractivity contribution is 5.22. The highest BCUT2D eigenvalue weighted by Gasteiger charge is 1.96. The summed E-state index contributed by atoms with van der Waals surface area (Å²) in [5.74, 6) is 0. The van der Waals surface area contributed by atoms with Crippen molar-refractivity contribution < 1.29 is 0 Å². The molecule has 0 saturated heterocycles. The van der Waals surface area contributed by atoms with Crippen LogP contribution in [0.3, 0.4) is 0 Å². The van der Waals surface area contributed by atoms with Gasteiger partial charge in [0.15, 0.2) is 0 Å². The molecule has 0 saturated carbocycles. The lowest BCUT2D eigenvalue weighted by Crippen LogP contribution is -1.96. The van der Waals surface area contributed by atoms with Gasteiger partial charge in [-0.25, -0.2) is 0 Å². The summed E-state index contributed by atoms with van der Waals surface area (Å²) in [6, 6.07) is 8.82. The van der Waals surface area contributed by atoms with Crippen LogP contribution in [0.2, 0.25) is 0 Å². The smallest absolute Gasteiger partial charge is 0.0178 e. The predicted octanol–water partition coefficient (Wildman–Crippen LogP) is 7.95. The van der Waals surface area contributed by atoms with Crippen molar-refractivity contribution in [2.24, 2.45) is 5.73 Å². The number of hydrogen-bond donors (Lipinski definition) is 1. The molecule has 0 aliphatic heterocycles. The first kappa shape index (κ1) is 23.2. The van der Waals surface area contributed by atoms with Crippen molar-refractivity contribution in [3.63, 3.8) is 0 Å². The summed E-state index contributed by atoms with van der Waals surface area (Å²) >= 11 is 0. The van der Waals surface area contributed by atoms with Gasteiger partial charge in [0.25, 0.3) is 0 Å². The molecule has 1 aromatic rings. The third-order valence-electron chi connectivity index (χ3n) is 5.58. The Labute approximate surface area is 164 Å². The lowest BCUT2D eigenvalue weighted by Gasteiger charge is -2.04. The number of unbranched alkanes of at least 4 members (excludes halogenated alkanes) is 15. The van der Waals surface area contributed by atoms with Crippen molar-refractivity contribution in [3.05, 3.63) is 35.4 Å². The number of benzene rings is 1. The second-order valence-electron chi connectivity index (χ2n) is 8.07. The van der Waals surface area contributed by atoms with Crippen molar-refractivity contribution >= 4 is 0 Å². The summed E-state index contributed by atoms with van der Waals surface area (Å²) in [6.45, 7) is 2.95. The van der Waals surface area contributed by atoms with Crippen molar-refractivity contribution in [2.75, 3.05) is 0 Å². The van der Waals surface area contributed by atoms with E-state index in [2.05, 4.69) is 31.2 Å². The Hall–Kier alpha value is -0.820. The fourth-order valence-electron chi connectivity index (χ4n) is 3.72. The molecule has 0 aliphatic carbocycles. The molecule has 2 N–H and O–H groups in total. The van der Waals surface area contributed by atoms with Crippen LogP contribution in [0.4, 0.5) is 0 Å². The van der Waals surface area contributed by atoms with Crippen LogP contribution >= 0.6 is 0 Å². The Bertz CT molecular complexity index is 395. The van der Waals surface area contributed by atoms with Gasteiger partial charge in [-0.2, -0.15) is 0 Å². The Morgan fingerprint density at radius 3 is 1.23 bits per heavy atom. The van der Waals surface area contributed by atoms with Gasteiger partial charge in [0.05, 0.1) is 0 Å². The molecule has 0 spiro atoms. The number of aryl methyl sites for hydroxylation is 1. The molecule has 1 heteroatoms. The van der Waals surface area contributed by atoms with Gasteiger partial charge in [0.1, 0.15) is 0 Å². The van der Waals surface area contributed by atoms with Crippen LogP contribution in [-0.4, -0.2) is 0 Å². The van der Waals surface area contributed by atoms with Gasteiger partial charge < -0.3 is 5.73 Å². The minimum atomic E-state index is 0.652. The van der Waals surface area contributed by atoms with E-state index >= 15 is 0 Å². The van der Waals surface area contributed by atoms with E-state index in [4.69, 9.17) is 5.73 Å². The van der Waals surface area contributed by atoms with Gasteiger partial charge in [-0.1, -0.05) is 128 Å². The molecule has 1 nitrogen and oxygen atoms in total. The molecule has 0 unspecified atom stereocenters. The third-order valence-corrected chi connectivity index (χ3v) is 5.58.